The summed E-state index contributed by atoms with van der Waals surface area (Å²) in [7, 11) is 1.70. The van der Waals surface area contributed by atoms with Gasteiger partial charge in [-0.3, -0.25) is 9.59 Å². The maximum absolute atomic E-state index is 11.7. The van der Waals surface area contributed by atoms with Gasteiger partial charge in [0.1, 0.15) is 6.10 Å². The SMILES string of the molecule is CCN(C)C(=O)CNC(=O)C1CCC(CN)O1. The molecule has 98 valence electrons. The molecule has 2 unspecified atom stereocenters. The molecule has 1 saturated heterocycles. The molecule has 1 heterocycles. The third-order valence-electron chi connectivity index (χ3n) is 2.98. The molecule has 6 heteroatoms. The van der Waals surface area contributed by atoms with Crippen molar-refractivity contribution in [3.05, 3.63) is 0 Å². The molecule has 0 aromatic heterocycles. The van der Waals surface area contributed by atoms with E-state index < -0.39 is 6.10 Å². The Kier molecular flexibility index (Phi) is 5.37. The lowest BCUT2D eigenvalue weighted by Crippen LogP contribution is -2.42. The van der Waals surface area contributed by atoms with E-state index >= 15 is 0 Å². The number of hydrogen-bond donors (Lipinski definition) is 2. The number of ether oxygens (including phenoxy) is 1. The molecule has 1 aliphatic heterocycles. The third-order valence-corrected chi connectivity index (χ3v) is 2.98. The first-order valence-corrected chi connectivity index (χ1v) is 5.95. The molecule has 0 aromatic rings. The number of nitrogens with two attached hydrogens (primary N) is 1. The summed E-state index contributed by atoms with van der Waals surface area (Å²) in [6, 6.07) is 0. The van der Waals surface area contributed by atoms with Gasteiger partial charge < -0.3 is 20.7 Å². The van der Waals surface area contributed by atoms with Crippen molar-refractivity contribution in [2.24, 2.45) is 5.73 Å². The second-order valence-electron chi connectivity index (χ2n) is 4.19. The van der Waals surface area contributed by atoms with Crippen molar-refractivity contribution in [3.8, 4) is 0 Å². The maximum Gasteiger partial charge on any atom is 0.249 e. The van der Waals surface area contributed by atoms with Crippen LogP contribution in [-0.4, -0.2) is 55.6 Å². The average Bonchev–Trinajstić information content (AvgIpc) is 2.83. The molecule has 0 aromatic carbocycles. The molecule has 0 saturated carbocycles. The standard InChI is InChI=1S/C11H21N3O3/c1-3-14(2)10(15)7-13-11(16)9-5-4-8(6-12)17-9/h8-9H,3-7,12H2,1-2H3,(H,13,16). The first kappa shape index (κ1) is 13.9. The van der Waals surface area contributed by atoms with Gasteiger partial charge in [0, 0.05) is 20.1 Å². The zero-order chi connectivity index (χ0) is 12.8. The molecular weight excluding hydrogens is 222 g/mol. The fraction of sp³-hybridized carbons (Fsp3) is 0.818. The Morgan fingerprint density at radius 2 is 2.18 bits per heavy atom. The average molecular weight is 243 g/mol. The Morgan fingerprint density at radius 1 is 1.47 bits per heavy atom. The molecule has 0 bridgehead atoms. The van der Waals surface area contributed by atoms with Gasteiger partial charge in [-0.05, 0) is 19.8 Å². The van der Waals surface area contributed by atoms with E-state index in [1.54, 1.807) is 11.9 Å². The lowest BCUT2D eigenvalue weighted by Gasteiger charge is -2.16. The normalized spacial score (nSPS) is 23.5. The van der Waals surface area contributed by atoms with Crippen LogP contribution < -0.4 is 11.1 Å². The predicted octanol–water partition coefficient (Wildman–Crippen LogP) is -0.913. The first-order valence-electron chi connectivity index (χ1n) is 5.95. The van der Waals surface area contributed by atoms with Crippen molar-refractivity contribution in [2.75, 3.05) is 26.7 Å². The van der Waals surface area contributed by atoms with Gasteiger partial charge in [-0.15, -0.1) is 0 Å². The summed E-state index contributed by atoms with van der Waals surface area (Å²) in [4.78, 5) is 24.7. The zero-order valence-electron chi connectivity index (χ0n) is 10.4. The van der Waals surface area contributed by atoms with Crippen LogP contribution >= 0.6 is 0 Å². The minimum Gasteiger partial charge on any atom is -0.364 e. The van der Waals surface area contributed by atoms with Gasteiger partial charge in [-0.25, -0.2) is 0 Å². The number of rotatable bonds is 5. The topological polar surface area (TPSA) is 84.7 Å². The van der Waals surface area contributed by atoms with E-state index in [0.29, 0.717) is 19.5 Å². The van der Waals surface area contributed by atoms with Crippen LogP contribution in [0.1, 0.15) is 19.8 Å². The van der Waals surface area contributed by atoms with Gasteiger partial charge in [0.05, 0.1) is 12.6 Å². The highest BCUT2D eigenvalue weighted by Gasteiger charge is 2.29. The first-order chi connectivity index (χ1) is 8.08. The van der Waals surface area contributed by atoms with Crippen LogP contribution in [0.5, 0.6) is 0 Å². The van der Waals surface area contributed by atoms with Crippen LogP contribution in [0.25, 0.3) is 0 Å². The molecule has 6 nitrogen and oxygen atoms in total. The van der Waals surface area contributed by atoms with Crippen molar-refractivity contribution >= 4 is 11.8 Å². The molecule has 0 radical (unpaired) electrons. The third kappa shape index (κ3) is 3.98. The van der Waals surface area contributed by atoms with Crippen LogP contribution in [0.3, 0.4) is 0 Å². The van der Waals surface area contributed by atoms with Crippen LogP contribution in [-0.2, 0) is 14.3 Å². The van der Waals surface area contributed by atoms with Crippen molar-refractivity contribution in [1.29, 1.82) is 0 Å². The van der Waals surface area contributed by atoms with E-state index in [-0.39, 0.29) is 24.5 Å². The lowest BCUT2D eigenvalue weighted by molar-refractivity contribution is -0.136. The molecule has 3 N–H and O–H groups in total. The monoisotopic (exact) mass is 243 g/mol. The maximum atomic E-state index is 11.7. The summed E-state index contributed by atoms with van der Waals surface area (Å²) in [6.07, 6.45) is 0.992. The molecule has 1 fully saturated rings. The van der Waals surface area contributed by atoms with Gasteiger partial charge >= 0.3 is 0 Å². The second kappa shape index (κ2) is 6.56. The lowest BCUT2D eigenvalue weighted by atomic mass is 10.2. The largest absolute Gasteiger partial charge is 0.364 e. The van der Waals surface area contributed by atoms with Gasteiger partial charge in [-0.2, -0.15) is 0 Å². The second-order valence-corrected chi connectivity index (χ2v) is 4.19. The summed E-state index contributed by atoms with van der Waals surface area (Å²) < 4.78 is 5.43. The van der Waals surface area contributed by atoms with E-state index in [4.69, 9.17) is 10.5 Å². The number of likely N-dealkylation sites (N-methyl/N-ethyl adjacent to an activating group) is 1. The van der Waals surface area contributed by atoms with Crippen molar-refractivity contribution in [2.45, 2.75) is 32.0 Å². The highest BCUT2D eigenvalue weighted by atomic mass is 16.5. The van der Waals surface area contributed by atoms with Crippen LogP contribution in [0, 0.1) is 0 Å². The summed E-state index contributed by atoms with van der Waals surface area (Å²) >= 11 is 0. The van der Waals surface area contributed by atoms with Crippen LogP contribution in [0.2, 0.25) is 0 Å². The number of carbonyl (C=O) groups is 2. The molecule has 0 spiro atoms. The molecule has 1 rings (SSSR count). The van der Waals surface area contributed by atoms with E-state index in [1.807, 2.05) is 6.92 Å². The quantitative estimate of drug-likeness (QED) is 0.654. The van der Waals surface area contributed by atoms with Crippen LogP contribution in [0.15, 0.2) is 0 Å². The minimum atomic E-state index is -0.455. The Hall–Kier alpha value is -1.14. The van der Waals surface area contributed by atoms with Gasteiger partial charge in [-0.1, -0.05) is 0 Å². The highest BCUT2D eigenvalue weighted by Crippen LogP contribution is 2.18. The fourth-order valence-corrected chi connectivity index (χ4v) is 1.66. The molecule has 0 aliphatic carbocycles. The highest BCUT2D eigenvalue weighted by molar-refractivity contribution is 5.86. The van der Waals surface area contributed by atoms with E-state index in [0.717, 1.165) is 6.42 Å². The van der Waals surface area contributed by atoms with E-state index in [9.17, 15) is 9.59 Å². The minimum absolute atomic E-state index is 0.0241. The number of carbonyl (C=O) groups excluding carboxylic acids is 2. The van der Waals surface area contributed by atoms with Crippen LogP contribution in [0.4, 0.5) is 0 Å². The predicted molar refractivity (Wildman–Crippen MR) is 63.3 cm³/mol. The Bertz CT molecular complexity index is 283. The van der Waals surface area contributed by atoms with Gasteiger partial charge in [0.15, 0.2) is 0 Å². The van der Waals surface area contributed by atoms with Crippen molar-refractivity contribution in [1.82, 2.24) is 10.2 Å². The smallest absolute Gasteiger partial charge is 0.249 e. The Balaban J connectivity index is 2.28. The molecule has 1 aliphatic rings. The number of nitrogens with one attached hydrogen (secondary N) is 1. The summed E-state index contributed by atoms with van der Waals surface area (Å²) in [5.74, 6) is -0.326. The summed E-state index contributed by atoms with van der Waals surface area (Å²) in [5.41, 5.74) is 5.46. The van der Waals surface area contributed by atoms with Crippen molar-refractivity contribution in [3.63, 3.8) is 0 Å². The zero-order valence-corrected chi connectivity index (χ0v) is 10.4. The molecule has 2 amide bonds. The van der Waals surface area contributed by atoms with Crippen molar-refractivity contribution < 1.29 is 14.3 Å². The van der Waals surface area contributed by atoms with E-state index in [2.05, 4.69) is 5.32 Å². The number of nitrogens with zero attached hydrogens (tertiary/aromatic N) is 1. The summed E-state index contributed by atoms with van der Waals surface area (Å²) in [6.45, 7) is 2.97. The molecule has 17 heavy (non-hydrogen) atoms. The van der Waals surface area contributed by atoms with E-state index in [1.165, 1.54) is 0 Å². The molecule has 2 atom stereocenters. The Morgan fingerprint density at radius 3 is 2.71 bits per heavy atom. The van der Waals surface area contributed by atoms with Gasteiger partial charge in [0.25, 0.3) is 0 Å². The van der Waals surface area contributed by atoms with Gasteiger partial charge in [0.2, 0.25) is 11.8 Å². The number of hydrogen-bond acceptors (Lipinski definition) is 4. The fourth-order valence-electron chi connectivity index (χ4n) is 1.66. The Labute approximate surface area is 101 Å². The number of amides is 2. The molecular formula is C11H21N3O3. The summed E-state index contributed by atoms with van der Waals surface area (Å²) in [5, 5.41) is 2.59.